The van der Waals surface area contributed by atoms with Crippen LogP contribution in [0, 0.1) is 11.9 Å². The molecule has 136 valence electrons. The standard InChI is InChI=1S/C16H23FN2O3.C2H6/c1-4-5-12-8-13(14(17)18-9-12)16(21)6-7-19(10-11(16)2)15(20)22-3;1-2/h8-9,11,21H,4-7,10H2,1-3H3;1-2H3. The van der Waals surface area contributed by atoms with Gasteiger partial charge in [0.05, 0.1) is 12.7 Å². The number of rotatable bonds is 3. The van der Waals surface area contributed by atoms with E-state index >= 15 is 0 Å². The zero-order valence-electron chi connectivity index (χ0n) is 15.3. The number of likely N-dealkylation sites (tertiary alicyclic amines) is 1. The Morgan fingerprint density at radius 1 is 1.54 bits per heavy atom. The number of nitrogens with zero attached hydrogens (tertiary/aromatic N) is 2. The number of methoxy groups -OCH3 is 1. The van der Waals surface area contributed by atoms with Gasteiger partial charge in [-0.3, -0.25) is 0 Å². The summed E-state index contributed by atoms with van der Waals surface area (Å²) in [6, 6.07) is 1.70. The van der Waals surface area contributed by atoms with Gasteiger partial charge in [0.25, 0.3) is 0 Å². The zero-order valence-corrected chi connectivity index (χ0v) is 15.3. The predicted molar refractivity (Wildman–Crippen MR) is 91.2 cm³/mol. The highest BCUT2D eigenvalue weighted by Crippen LogP contribution is 2.38. The first-order chi connectivity index (χ1) is 11.4. The molecule has 1 amide bonds. The van der Waals surface area contributed by atoms with Crippen LogP contribution in [0.5, 0.6) is 0 Å². The summed E-state index contributed by atoms with van der Waals surface area (Å²) in [7, 11) is 1.33. The van der Waals surface area contributed by atoms with Crippen LogP contribution in [0.1, 0.15) is 51.7 Å². The normalized spacial score (nSPS) is 23.3. The number of carbonyl (C=O) groups excluding carboxylic acids is 1. The second kappa shape index (κ2) is 8.97. The molecular weight excluding hydrogens is 311 g/mol. The Kier molecular flexibility index (Phi) is 7.60. The molecule has 2 rings (SSSR count). The van der Waals surface area contributed by atoms with Gasteiger partial charge in [0.1, 0.15) is 0 Å². The minimum absolute atomic E-state index is 0.232. The summed E-state index contributed by atoms with van der Waals surface area (Å²) in [5.74, 6) is -0.950. The molecule has 2 heterocycles. The summed E-state index contributed by atoms with van der Waals surface area (Å²) >= 11 is 0. The van der Waals surface area contributed by atoms with Gasteiger partial charge in [-0.2, -0.15) is 4.39 Å². The Labute approximate surface area is 143 Å². The van der Waals surface area contributed by atoms with Crippen LogP contribution in [-0.2, 0) is 16.8 Å². The fraction of sp³-hybridized carbons (Fsp3) is 0.667. The summed E-state index contributed by atoms with van der Waals surface area (Å²) in [6.07, 6.45) is 3.07. The molecule has 0 spiro atoms. The van der Waals surface area contributed by atoms with Crippen molar-refractivity contribution in [3.8, 4) is 0 Å². The van der Waals surface area contributed by atoms with Crippen molar-refractivity contribution in [1.82, 2.24) is 9.88 Å². The van der Waals surface area contributed by atoms with E-state index in [0.29, 0.717) is 13.1 Å². The van der Waals surface area contributed by atoms with Crippen molar-refractivity contribution in [2.24, 2.45) is 5.92 Å². The first-order valence-electron chi connectivity index (χ1n) is 8.62. The van der Waals surface area contributed by atoms with Crippen molar-refractivity contribution >= 4 is 6.09 Å². The molecule has 0 radical (unpaired) electrons. The smallest absolute Gasteiger partial charge is 0.409 e. The maximum Gasteiger partial charge on any atom is 0.409 e. The minimum atomic E-state index is -1.31. The number of halogens is 1. The second-order valence-corrected chi connectivity index (χ2v) is 5.92. The molecule has 1 fully saturated rings. The van der Waals surface area contributed by atoms with Gasteiger partial charge in [-0.1, -0.05) is 34.1 Å². The Hall–Kier alpha value is -1.69. The molecule has 24 heavy (non-hydrogen) atoms. The molecule has 0 aromatic carbocycles. The van der Waals surface area contributed by atoms with Crippen LogP contribution >= 0.6 is 0 Å². The molecule has 1 saturated heterocycles. The molecule has 0 aliphatic carbocycles. The number of aliphatic hydroxyl groups is 1. The predicted octanol–water partition coefficient (Wildman–Crippen LogP) is 3.50. The Balaban J connectivity index is 0.00000139. The van der Waals surface area contributed by atoms with Crippen molar-refractivity contribution in [3.63, 3.8) is 0 Å². The zero-order chi connectivity index (χ0) is 18.3. The van der Waals surface area contributed by atoms with Crippen LogP contribution in [0.3, 0.4) is 0 Å². The quantitative estimate of drug-likeness (QED) is 0.856. The van der Waals surface area contributed by atoms with E-state index in [-0.39, 0.29) is 17.9 Å². The SMILES string of the molecule is CC.CCCc1cnc(F)c(C2(O)CCN(C(=O)OC)CC2C)c1. The topological polar surface area (TPSA) is 62.7 Å². The lowest BCUT2D eigenvalue weighted by atomic mass is 9.77. The molecule has 1 aliphatic rings. The molecule has 0 saturated carbocycles. The highest BCUT2D eigenvalue weighted by atomic mass is 19.1. The van der Waals surface area contributed by atoms with Crippen LogP contribution < -0.4 is 0 Å². The van der Waals surface area contributed by atoms with E-state index in [9.17, 15) is 14.3 Å². The van der Waals surface area contributed by atoms with Crippen molar-refractivity contribution in [2.75, 3.05) is 20.2 Å². The molecule has 1 aromatic heterocycles. The van der Waals surface area contributed by atoms with Gasteiger partial charge in [-0.25, -0.2) is 9.78 Å². The van der Waals surface area contributed by atoms with Crippen molar-refractivity contribution in [3.05, 3.63) is 29.3 Å². The number of piperidine rings is 1. The Morgan fingerprint density at radius 3 is 2.75 bits per heavy atom. The Morgan fingerprint density at radius 2 is 2.21 bits per heavy atom. The molecule has 1 aromatic rings. The average Bonchev–Trinajstić information content (AvgIpc) is 2.60. The van der Waals surface area contributed by atoms with Crippen LogP contribution in [0.15, 0.2) is 12.3 Å². The van der Waals surface area contributed by atoms with E-state index in [1.54, 1.807) is 13.0 Å². The molecular formula is C18H29FN2O3. The van der Waals surface area contributed by atoms with E-state index in [0.717, 1.165) is 18.4 Å². The lowest BCUT2D eigenvalue weighted by Gasteiger charge is -2.42. The van der Waals surface area contributed by atoms with Crippen LogP contribution in [-0.4, -0.2) is 41.3 Å². The first-order valence-corrected chi connectivity index (χ1v) is 8.62. The summed E-state index contributed by atoms with van der Waals surface area (Å²) in [6.45, 7) is 8.49. The number of amides is 1. The third kappa shape index (κ3) is 4.23. The number of carbonyl (C=O) groups is 1. The second-order valence-electron chi connectivity index (χ2n) is 5.92. The van der Waals surface area contributed by atoms with Gasteiger partial charge in [0.15, 0.2) is 0 Å². The van der Waals surface area contributed by atoms with Crippen molar-refractivity contribution < 1.29 is 19.0 Å². The highest BCUT2D eigenvalue weighted by Gasteiger charge is 2.43. The van der Waals surface area contributed by atoms with Gasteiger partial charge in [-0.05, 0) is 24.5 Å². The van der Waals surface area contributed by atoms with Crippen molar-refractivity contribution in [2.45, 2.75) is 52.6 Å². The van der Waals surface area contributed by atoms with Gasteiger partial charge < -0.3 is 14.7 Å². The number of aromatic nitrogens is 1. The van der Waals surface area contributed by atoms with E-state index in [1.165, 1.54) is 18.2 Å². The number of aryl methyl sites for hydroxylation is 1. The van der Waals surface area contributed by atoms with Crippen LogP contribution in [0.2, 0.25) is 0 Å². The van der Waals surface area contributed by atoms with Gasteiger partial charge >= 0.3 is 6.09 Å². The third-order valence-corrected chi connectivity index (χ3v) is 4.41. The van der Waals surface area contributed by atoms with Gasteiger partial charge in [0.2, 0.25) is 5.95 Å². The van der Waals surface area contributed by atoms with Crippen LogP contribution in [0.25, 0.3) is 0 Å². The average molecular weight is 340 g/mol. The monoisotopic (exact) mass is 340 g/mol. The number of hydrogen-bond donors (Lipinski definition) is 1. The summed E-state index contributed by atoms with van der Waals surface area (Å²) in [5.41, 5.74) is -0.170. The molecule has 1 N–H and O–H groups in total. The molecule has 6 heteroatoms. The fourth-order valence-corrected chi connectivity index (χ4v) is 3.04. The van der Waals surface area contributed by atoms with E-state index in [1.807, 2.05) is 20.8 Å². The fourth-order valence-electron chi connectivity index (χ4n) is 3.04. The number of hydrogen-bond acceptors (Lipinski definition) is 4. The Bertz CT molecular complexity index is 553. The summed E-state index contributed by atoms with van der Waals surface area (Å²) in [5, 5.41) is 11.0. The molecule has 1 aliphatic heterocycles. The number of pyridine rings is 1. The number of ether oxygens (including phenoxy) is 1. The molecule has 0 bridgehead atoms. The lowest BCUT2D eigenvalue weighted by Crippen LogP contribution is -2.51. The minimum Gasteiger partial charge on any atom is -0.453 e. The van der Waals surface area contributed by atoms with Gasteiger partial charge in [-0.15, -0.1) is 0 Å². The lowest BCUT2D eigenvalue weighted by molar-refractivity contribution is -0.0693. The highest BCUT2D eigenvalue weighted by molar-refractivity contribution is 5.67. The first kappa shape index (κ1) is 20.4. The molecule has 2 atom stereocenters. The van der Waals surface area contributed by atoms with E-state index in [4.69, 9.17) is 4.74 Å². The maximum atomic E-state index is 14.2. The van der Waals surface area contributed by atoms with Gasteiger partial charge in [0, 0.05) is 30.8 Å². The van der Waals surface area contributed by atoms with Crippen molar-refractivity contribution in [1.29, 1.82) is 0 Å². The van der Waals surface area contributed by atoms with Crippen LogP contribution in [0.4, 0.5) is 9.18 Å². The third-order valence-electron chi connectivity index (χ3n) is 4.41. The molecule has 5 nitrogen and oxygen atoms in total. The molecule has 2 unspecified atom stereocenters. The summed E-state index contributed by atoms with van der Waals surface area (Å²) < 4.78 is 18.9. The van der Waals surface area contributed by atoms with E-state index in [2.05, 4.69) is 4.98 Å². The largest absolute Gasteiger partial charge is 0.453 e. The summed E-state index contributed by atoms with van der Waals surface area (Å²) in [4.78, 5) is 16.9. The van der Waals surface area contributed by atoms with E-state index < -0.39 is 17.6 Å². The maximum absolute atomic E-state index is 14.2.